The zero-order valence-electron chi connectivity index (χ0n) is 18.3. The molecule has 0 radical (unpaired) electrons. The number of aromatic nitrogens is 3. The Morgan fingerprint density at radius 1 is 1.31 bits per heavy atom. The molecule has 1 aromatic carbocycles. The lowest BCUT2D eigenvalue weighted by Gasteiger charge is -2.17. The number of thiophene rings is 1. The van der Waals surface area contributed by atoms with Crippen molar-refractivity contribution in [1.29, 1.82) is 5.26 Å². The summed E-state index contributed by atoms with van der Waals surface area (Å²) in [6.45, 7) is 2.13. The van der Waals surface area contributed by atoms with Gasteiger partial charge in [0, 0.05) is 10.4 Å². The number of benzene rings is 1. The highest BCUT2D eigenvalue weighted by Gasteiger charge is 2.37. The molecule has 178 valence electrons. The van der Waals surface area contributed by atoms with E-state index in [-0.39, 0.29) is 21.5 Å². The number of halogens is 4. The van der Waals surface area contributed by atoms with Gasteiger partial charge in [-0.25, -0.2) is 9.50 Å². The van der Waals surface area contributed by atoms with Crippen LogP contribution in [0.1, 0.15) is 45.5 Å². The average molecular weight is 560 g/mol. The highest BCUT2D eigenvalue weighted by atomic mass is 79.9. The molecule has 0 aliphatic heterocycles. The first-order valence-electron chi connectivity index (χ1n) is 10.7. The standard InChI is InChI=1S/C24H17BrF3N5OS/c1-12-7-8-14-15(11-29)23(35-17(14)9-12)31-22(34)20-19(25)21-30-16(13-5-3-2-4-6-13)10-18(24(26,27)28)33(21)32-20/h2-6,10,12H,7-9H2,1H3,(H,31,34)/t12-/m0/s1. The molecule has 3 aromatic heterocycles. The predicted octanol–water partition coefficient (Wildman–Crippen LogP) is 6.49. The molecule has 0 saturated carbocycles. The van der Waals surface area contributed by atoms with Crippen molar-refractivity contribution in [3.05, 3.63) is 68.3 Å². The molecule has 4 aromatic rings. The van der Waals surface area contributed by atoms with Crippen LogP contribution in [0.25, 0.3) is 16.9 Å². The SMILES string of the molecule is C[C@H]1CCc2c(sc(NC(=O)c3nn4c(C(F)(F)F)cc(-c5ccccc5)nc4c3Br)c2C#N)C1. The molecule has 11 heteroatoms. The van der Waals surface area contributed by atoms with E-state index in [9.17, 15) is 23.2 Å². The molecular formula is C24H17BrF3N5OS. The first-order chi connectivity index (χ1) is 16.7. The van der Waals surface area contributed by atoms with Crippen molar-refractivity contribution in [2.75, 3.05) is 5.32 Å². The topological polar surface area (TPSA) is 83.1 Å². The highest BCUT2D eigenvalue weighted by Crippen LogP contribution is 2.40. The fourth-order valence-electron chi connectivity index (χ4n) is 4.21. The summed E-state index contributed by atoms with van der Waals surface area (Å²) in [5.74, 6) is -0.241. The molecule has 0 saturated heterocycles. The lowest BCUT2D eigenvalue weighted by atomic mass is 9.89. The van der Waals surface area contributed by atoms with Crippen molar-refractivity contribution < 1.29 is 18.0 Å². The number of nitrogens with zero attached hydrogens (tertiary/aromatic N) is 4. The maximum absolute atomic E-state index is 13.9. The Morgan fingerprint density at radius 2 is 2.06 bits per heavy atom. The summed E-state index contributed by atoms with van der Waals surface area (Å²) >= 11 is 4.57. The Morgan fingerprint density at radius 3 is 2.74 bits per heavy atom. The van der Waals surface area contributed by atoms with Crippen molar-refractivity contribution in [2.45, 2.75) is 32.4 Å². The number of nitriles is 1. The number of amides is 1. The number of rotatable bonds is 3. The fraction of sp³-hybridized carbons (Fsp3) is 0.250. The van der Waals surface area contributed by atoms with E-state index in [1.165, 1.54) is 11.3 Å². The number of alkyl halides is 3. The van der Waals surface area contributed by atoms with Gasteiger partial charge in [0.25, 0.3) is 5.91 Å². The Labute approximate surface area is 210 Å². The summed E-state index contributed by atoms with van der Waals surface area (Å²) in [6, 6.07) is 11.5. The Hall–Kier alpha value is -3.23. The molecule has 0 bridgehead atoms. The summed E-state index contributed by atoms with van der Waals surface area (Å²) in [5.41, 5.74) is 0.500. The molecular weight excluding hydrogens is 543 g/mol. The summed E-state index contributed by atoms with van der Waals surface area (Å²) < 4.78 is 42.4. The van der Waals surface area contributed by atoms with Crippen LogP contribution in [0.5, 0.6) is 0 Å². The minimum atomic E-state index is -4.73. The highest BCUT2D eigenvalue weighted by molar-refractivity contribution is 9.10. The Balaban J connectivity index is 1.59. The molecule has 0 spiro atoms. The van der Waals surface area contributed by atoms with Crippen LogP contribution < -0.4 is 5.32 Å². The van der Waals surface area contributed by atoms with E-state index in [0.717, 1.165) is 35.8 Å². The molecule has 1 N–H and O–H groups in total. The third-order valence-electron chi connectivity index (χ3n) is 5.96. The van der Waals surface area contributed by atoms with Gasteiger partial charge >= 0.3 is 6.18 Å². The van der Waals surface area contributed by atoms with E-state index < -0.39 is 17.8 Å². The lowest BCUT2D eigenvalue weighted by molar-refractivity contribution is -0.142. The van der Waals surface area contributed by atoms with Crippen molar-refractivity contribution >= 4 is 43.8 Å². The van der Waals surface area contributed by atoms with Crippen LogP contribution in [-0.4, -0.2) is 20.5 Å². The minimum absolute atomic E-state index is 0.0340. The third kappa shape index (κ3) is 4.21. The monoisotopic (exact) mass is 559 g/mol. The molecule has 6 nitrogen and oxygen atoms in total. The van der Waals surface area contributed by atoms with Crippen molar-refractivity contribution in [1.82, 2.24) is 14.6 Å². The second-order valence-corrected chi connectivity index (χ2v) is 10.3. The molecule has 1 aliphatic rings. The Bertz CT molecular complexity index is 1500. The van der Waals surface area contributed by atoms with Gasteiger partial charge in [-0.3, -0.25) is 4.79 Å². The molecule has 1 aliphatic carbocycles. The molecule has 1 atom stereocenters. The van der Waals surface area contributed by atoms with Crippen LogP contribution in [-0.2, 0) is 19.0 Å². The zero-order valence-corrected chi connectivity index (χ0v) is 20.7. The summed E-state index contributed by atoms with van der Waals surface area (Å²) in [7, 11) is 0. The van der Waals surface area contributed by atoms with E-state index >= 15 is 0 Å². The first-order valence-corrected chi connectivity index (χ1v) is 12.4. The van der Waals surface area contributed by atoms with Gasteiger partial charge in [0.15, 0.2) is 17.0 Å². The maximum atomic E-state index is 13.9. The smallest absolute Gasteiger partial charge is 0.311 e. The van der Waals surface area contributed by atoms with Gasteiger partial charge in [-0.15, -0.1) is 11.3 Å². The van der Waals surface area contributed by atoms with E-state index in [0.29, 0.717) is 26.6 Å². The van der Waals surface area contributed by atoms with Crippen LogP contribution in [0.2, 0.25) is 0 Å². The largest absolute Gasteiger partial charge is 0.433 e. The van der Waals surface area contributed by atoms with Gasteiger partial charge in [0.2, 0.25) is 0 Å². The number of anilines is 1. The van der Waals surface area contributed by atoms with Gasteiger partial charge in [-0.2, -0.15) is 23.5 Å². The zero-order chi connectivity index (χ0) is 24.9. The quantitative estimate of drug-likeness (QED) is 0.311. The van der Waals surface area contributed by atoms with E-state index in [1.54, 1.807) is 30.3 Å². The van der Waals surface area contributed by atoms with Crippen molar-refractivity contribution in [2.24, 2.45) is 5.92 Å². The van der Waals surface area contributed by atoms with Gasteiger partial charge in [-0.1, -0.05) is 37.3 Å². The van der Waals surface area contributed by atoms with Crippen LogP contribution in [0.3, 0.4) is 0 Å². The number of fused-ring (bicyclic) bond motifs is 2. The van der Waals surface area contributed by atoms with Crippen LogP contribution in [0.4, 0.5) is 18.2 Å². The molecule has 0 fully saturated rings. The number of hydrogen-bond acceptors (Lipinski definition) is 5. The van der Waals surface area contributed by atoms with E-state index in [1.807, 2.05) is 0 Å². The van der Waals surface area contributed by atoms with Crippen LogP contribution >= 0.6 is 27.3 Å². The number of carbonyl (C=O) groups is 1. The minimum Gasteiger partial charge on any atom is -0.311 e. The second kappa shape index (κ2) is 8.77. The van der Waals surface area contributed by atoms with Crippen molar-refractivity contribution in [3.8, 4) is 17.3 Å². The fourth-order valence-corrected chi connectivity index (χ4v) is 6.09. The number of hydrogen-bond donors (Lipinski definition) is 1. The molecule has 0 unspecified atom stereocenters. The van der Waals surface area contributed by atoms with Crippen molar-refractivity contribution in [3.63, 3.8) is 0 Å². The summed E-state index contributed by atoms with van der Waals surface area (Å²) in [6.07, 6.45) is -2.20. The normalized spacial score (nSPS) is 15.6. The predicted molar refractivity (Wildman–Crippen MR) is 129 cm³/mol. The molecule has 35 heavy (non-hydrogen) atoms. The molecule has 3 heterocycles. The van der Waals surface area contributed by atoms with Gasteiger partial charge in [0.05, 0.1) is 15.7 Å². The van der Waals surface area contributed by atoms with Gasteiger partial charge in [0.1, 0.15) is 11.1 Å². The van der Waals surface area contributed by atoms with Crippen LogP contribution in [0, 0.1) is 17.2 Å². The second-order valence-electron chi connectivity index (χ2n) is 8.41. The molecule has 5 rings (SSSR count). The summed E-state index contributed by atoms with van der Waals surface area (Å²) in [4.78, 5) is 18.5. The van der Waals surface area contributed by atoms with Crippen LogP contribution in [0.15, 0.2) is 40.9 Å². The number of nitrogens with one attached hydrogen (secondary N) is 1. The summed E-state index contributed by atoms with van der Waals surface area (Å²) in [5, 5.41) is 16.7. The lowest BCUT2D eigenvalue weighted by Crippen LogP contribution is -2.16. The maximum Gasteiger partial charge on any atom is 0.433 e. The van der Waals surface area contributed by atoms with Gasteiger partial charge in [-0.05, 0) is 52.7 Å². The van der Waals surface area contributed by atoms with E-state index in [2.05, 4.69) is 44.3 Å². The first kappa shape index (κ1) is 23.5. The average Bonchev–Trinajstić information content (AvgIpc) is 3.34. The third-order valence-corrected chi connectivity index (χ3v) is 7.86. The Kier molecular flexibility index (Phi) is 5.89. The molecule has 1 amide bonds. The van der Waals surface area contributed by atoms with E-state index in [4.69, 9.17) is 0 Å². The number of carbonyl (C=O) groups excluding carboxylic acids is 1. The van der Waals surface area contributed by atoms with Gasteiger partial charge < -0.3 is 5.32 Å².